The molecule has 45 heavy (non-hydrogen) atoms. The Kier molecular flexibility index (Phi) is 7.83. The predicted molar refractivity (Wildman–Crippen MR) is 151 cm³/mol. The summed E-state index contributed by atoms with van der Waals surface area (Å²) in [6.45, 7) is -5.44. The maximum Gasteiger partial charge on any atom is 0.475 e. The van der Waals surface area contributed by atoms with Crippen molar-refractivity contribution in [2.75, 3.05) is 31.8 Å². The van der Waals surface area contributed by atoms with Crippen LogP contribution in [0.15, 0.2) is 25.3 Å². The largest absolute Gasteiger partial charge is 0.475 e. The van der Waals surface area contributed by atoms with E-state index >= 15 is 4.39 Å². The summed E-state index contributed by atoms with van der Waals surface area (Å²) in [5.41, 5.74) is 12.6. The molecule has 3 saturated heterocycles. The number of aromatic nitrogens is 8. The van der Waals surface area contributed by atoms with Gasteiger partial charge in [0.25, 0.3) is 0 Å². The first-order valence-electron chi connectivity index (χ1n) is 13.1. The van der Waals surface area contributed by atoms with Crippen molar-refractivity contribution in [1.29, 1.82) is 0 Å². The Labute approximate surface area is 256 Å². The summed E-state index contributed by atoms with van der Waals surface area (Å²) < 4.78 is 71.7. The maximum absolute atomic E-state index is 16.1. The molecule has 2 bridgehead atoms. The minimum atomic E-state index is -4.56. The van der Waals surface area contributed by atoms with Crippen LogP contribution in [0.1, 0.15) is 12.5 Å². The molecule has 0 aliphatic carbocycles. The van der Waals surface area contributed by atoms with E-state index in [1.54, 1.807) is 0 Å². The van der Waals surface area contributed by atoms with Crippen molar-refractivity contribution in [3.63, 3.8) is 0 Å². The lowest BCUT2D eigenvalue weighted by Crippen LogP contribution is -2.35. The summed E-state index contributed by atoms with van der Waals surface area (Å²) >= 11 is 5.25. The molecule has 3 fully saturated rings. The molecule has 4 aromatic rings. The van der Waals surface area contributed by atoms with Crippen molar-refractivity contribution in [2.24, 2.45) is 0 Å². The van der Waals surface area contributed by atoms with E-state index in [1.807, 2.05) is 0 Å². The van der Waals surface area contributed by atoms with E-state index < -0.39 is 76.9 Å². The molecule has 3 aliphatic heterocycles. The highest BCUT2D eigenvalue weighted by Crippen LogP contribution is 2.56. The van der Waals surface area contributed by atoms with Crippen molar-refractivity contribution in [1.82, 2.24) is 39.0 Å². The van der Waals surface area contributed by atoms with E-state index in [0.29, 0.717) is 0 Å². The molecule has 4 aromatic heterocycles. The third-order valence-corrected chi connectivity index (χ3v) is 10.4. The van der Waals surface area contributed by atoms with Crippen molar-refractivity contribution in [3.8, 4) is 0 Å². The number of aliphatic hydroxyl groups excluding tert-OH is 1. The molecule has 0 amide bonds. The fraction of sp³-hybridized carbons (Fsp3) is 0.524. The van der Waals surface area contributed by atoms with Crippen LogP contribution in [0.5, 0.6) is 0 Å². The number of hydrogen-bond donors (Lipinski definition) is 4. The summed E-state index contributed by atoms with van der Waals surface area (Å²) in [5.74, 6) is 0.141. The number of fused-ring (bicyclic) bond motifs is 5. The highest BCUT2D eigenvalue weighted by Gasteiger charge is 2.54. The summed E-state index contributed by atoms with van der Waals surface area (Å²) in [7, 11) is -3.53. The number of anilines is 2. The fourth-order valence-electron chi connectivity index (χ4n) is 5.28. The number of nitrogens with two attached hydrogens (primary N) is 2. The zero-order valence-electron chi connectivity index (χ0n) is 22.9. The first kappa shape index (κ1) is 30.8. The molecule has 0 saturated carbocycles. The Hall–Kier alpha value is -2.85. The average Bonchev–Trinajstić information content (AvgIpc) is 3.77. The standard InChI is InChI=1S/C21H25FN10O10P2S/c1-36-43(34)37-2-8-13(33)15(21(39-8)32-7-30-12-17(24)26-5-28-19(12)32)42-44(35,45)38-3-9-14(41-43)10(22)20(40-9)31-6-29-11-16(23)25-4-27-18(11)31/h4-10,13-15,20-21,33H,2-3H2,1H3,(H,35,45)(H2,23,25,27)(H2,24,26,28)/t8-,9-,10+,13?,14?,15+,20-,21-,43?,44?/m1/s1. The molecule has 0 spiro atoms. The van der Waals surface area contributed by atoms with Gasteiger partial charge in [-0.05, 0) is 11.8 Å². The van der Waals surface area contributed by atoms with Crippen LogP contribution in [0.25, 0.3) is 22.3 Å². The number of alkyl halides is 1. The van der Waals surface area contributed by atoms with Gasteiger partial charge in [0, 0.05) is 7.11 Å². The number of ether oxygens (including phenoxy) is 2. The second-order valence-electron chi connectivity index (χ2n) is 10.1. The molecule has 24 heteroatoms. The van der Waals surface area contributed by atoms with E-state index in [9.17, 15) is 14.6 Å². The lowest BCUT2D eigenvalue weighted by Gasteiger charge is -2.27. The molecule has 4 unspecified atom stereocenters. The number of hydrogen-bond acceptors (Lipinski definition) is 18. The number of phosphoric ester groups is 1. The van der Waals surface area contributed by atoms with Crippen molar-refractivity contribution in [2.45, 2.75) is 49.1 Å². The molecule has 7 heterocycles. The van der Waals surface area contributed by atoms with Gasteiger partial charge in [-0.2, -0.15) is 0 Å². The van der Waals surface area contributed by atoms with Gasteiger partial charge >= 0.3 is 14.5 Å². The Morgan fingerprint density at radius 2 is 1.49 bits per heavy atom. The lowest BCUT2D eigenvalue weighted by atomic mass is 10.1. The van der Waals surface area contributed by atoms with Gasteiger partial charge < -0.3 is 35.5 Å². The zero-order valence-corrected chi connectivity index (χ0v) is 25.5. The van der Waals surface area contributed by atoms with Crippen LogP contribution in [0, 0.1) is 0 Å². The van der Waals surface area contributed by atoms with Crippen LogP contribution in [0.3, 0.4) is 0 Å². The van der Waals surface area contributed by atoms with Crippen molar-refractivity contribution >= 4 is 60.3 Å². The maximum atomic E-state index is 16.1. The molecular weight excluding hydrogens is 665 g/mol. The highest BCUT2D eigenvalue weighted by molar-refractivity contribution is 8.07. The van der Waals surface area contributed by atoms with E-state index in [1.165, 1.54) is 34.4 Å². The van der Waals surface area contributed by atoms with Crippen LogP contribution < -0.4 is 11.5 Å². The average molecular weight is 691 g/mol. The quantitative estimate of drug-likeness (QED) is 0.208. The smallest absolute Gasteiger partial charge is 0.387 e. The molecule has 242 valence electrons. The number of nitrogens with zero attached hydrogens (tertiary/aromatic N) is 8. The summed E-state index contributed by atoms with van der Waals surface area (Å²) in [6.07, 6.45) is -6.93. The first-order chi connectivity index (χ1) is 21.5. The number of imidazole rings is 2. The molecule has 0 aromatic carbocycles. The van der Waals surface area contributed by atoms with Crippen LogP contribution in [0.2, 0.25) is 0 Å². The van der Waals surface area contributed by atoms with Crippen LogP contribution in [-0.4, -0.2) is 106 Å². The molecule has 6 N–H and O–H groups in total. The predicted octanol–water partition coefficient (Wildman–Crippen LogP) is 0.113. The minimum absolute atomic E-state index is 0.0571. The van der Waals surface area contributed by atoms with Crippen LogP contribution in [0.4, 0.5) is 16.0 Å². The number of rotatable bonds is 3. The number of aliphatic hydroxyl groups is 1. The number of phosphoric acid groups is 1. The molecule has 20 nitrogen and oxygen atoms in total. The van der Waals surface area contributed by atoms with Gasteiger partial charge in [-0.25, -0.2) is 38.9 Å². The highest BCUT2D eigenvalue weighted by atomic mass is 32.5. The van der Waals surface area contributed by atoms with Gasteiger partial charge in [-0.3, -0.25) is 27.2 Å². The topological polar surface area (TPSA) is 261 Å². The normalized spacial score (nSPS) is 37.7. The van der Waals surface area contributed by atoms with E-state index in [4.69, 9.17) is 55.4 Å². The Morgan fingerprint density at radius 1 is 0.911 bits per heavy atom. The second-order valence-corrected chi connectivity index (χ2v) is 14.6. The third-order valence-electron chi connectivity index (χ3n) is 7.43. The Bertz CT molecular complexity index is 1850. The number of halogens is 1. The molecule has 7 rings (SSSR count). The minimum Gasteiger partial charge on any atom is -0.387 e. The summed E-state index contributed by atoms with van der Waals surface area (Å²) in [4.78, 5) is 35.5. The van der Waals surface area contributed by atoms with Gasteiger partial charge in [-0.1, -0.05) is 0 Å². The van der Waals surface area contributed by atoms with Crippen LogP contribution in [-0.2, 0) is 48.5 Å². The lowest BCUT2D eigenvalue weighted by molar-refractivity contribution is -0.0645. The first-order valence-corrected chi connectivity index (χ1v) is 17.2. The second kappa shape index (κ2) is 11.4. The van der Waals surface area contributed by atoms with Crippen LogP contribution >= 0.6 is 14.5 Å². The Balaban J connectivity index is 1.22. The monoisotopic (exact) mass is 690 g/mol. The molecule has 3 aliphatic rings. The van der Waals surface area contributed by atoms with Gasteiger partial charge in [-0.15, -0.1) is 0 Å². The zero-order chi connectivity index (χ0) is 31.7. The van der Waals surface area contributed by atoms with Gasteiger partial charge in [0.05, 0.1) is 25.9 Å². The van der Waals surface area contributed by atoms with E-state index in [-0.39, 0.29) is 34.0 Å². The Morgan fingerprint density at radius 3 is 2.11 bits per heavy atom. The van der Waals surface area contributed by atoms with Crippen molar-refractivity contribution in [3.05, 3.63) is 25.3 Å². The summed E-state index contributed by atoms with van der Waals surface area (Å²) in [5, 5.41) is 11.2. The summed E-state index contributed by atoms with van der Waals surface area (Å²) in [6, 6.07) is 0. The SMILES string of the molecule is COP1(=O)OC[C@H]2O[C@@H](n3cnc4c(N)ncnc43)[C@@H](OP(O)(=S)OC[C@H]3O[C@@H](n4cnc5c(N)ncnc54)[C@@H](F)C3O1)C2O. The molecule has 10 atom stereocenters. The van der Waals surface area contributed by atoms with Gasteiger partial charge in [0.15, 0.2) is 41.6 Å². The van der Waals surface area contributed by atoms with Gasteiger partial charge in [0.1, 0.15) is 54.2 Å². The van der Waals surface area contributed by atoms with E-state index in [2.05, 4.69) is 29.9 Å². The van der Waals surface area contributed by atoms with Crippen molar-refractivity contribution < 1.29 is 51.0 Å². The number of nitrogen functional groups attached to an aromatic ring is 2. The fourth-order valence-corrected chi connectivity index (χ4v) is 7.82. The molecule has 0 radical (unpaired) electrons. The third kappa shape index (κ3) is 5.39. The van der Waals surface area contributed by atoms with Gasteiger partial charge in [0.2, 0.25) is 0 Å². The molecular formula is C21H25FN10O10P2S. The van der Waals surface area contributed by atoms with E-state index in [0.717, 1.165) is 7.11 Å².